The zero-order valence-corrected chi connectivity index (χ0v) is 11.2. The van der Waals surface area contributed by atoms with E-state index < -0.39 is 0 Å². The van der Waals surface area contributed by atoms with Crippen molar-refractivity contribution in [2.24, 2.45) is 0 Å². The van der Waals surface area contributed by atoms with Gasteiger partial charge in [-0.1, -0.05) is 6.92 Å². The quantitative estimate of drug-likeness (QED) is 0.448. The van der Waals surface area contributed by atoms with E-state index in [-0.39, 0.29) is 24.0 Å². The lowest BCUT2D eigenvalue weighted by Crippen LogP contribution is -3.00. The van der Waals surface area contributed by atoms with Gasteiger partial charge in [0.15, 0.2) is 12.3 Å². The molecule has 0 spiro atoms. The lowest BCUT2D eigenvalue weighted by atomic mass is 10.2. The smallest absolute Gasteiger partial charge is 0.199 e. The molecule has 0 radical (unpaired) electrons. The predicted octanol–water partition coefficient (Wildman–Crippen LogP) is -1.34. The molecule has 0 fully saturated rings. The molecule has 0 unspecified atom stereocenters. The maximum absolute atomic E-state index is 2.42. The molecule has 78 valence electrons. The van der Waals surface area contributed by atoms with Crippen molar-refractivity contribution in [2.45, 2.75) is 26.8 Å². The fraction of sp³-hybridized carbons (Fsp3) is 0.545. The summed E-state index contributed by atoms with van der Waals surface area (Å²) >= 11 is 0. The van der Waals surface area contributed by atoms with E-state index in [2.05, 4.69) is 42.2 Å². The van der Waals surface area contributed by atoms with Gasteiger partial charge >= 0.3 is 0 Å². The summed E-state index contributed by atoms with van der Waals surface area (Å²) in [6.07, 6.45) is 1.12. The summed E-state index contributed by atoms with van der Waals surface area (Å²) in [5, 5.41) is 0. The number of aryl methyl sites for hydroxylation is 1. The van der Waals surface area contributed by atoms with Crippen molar-refractivity contribution in [1.82, 2.24) is 4.57 Å². The van der Waals surface area contributed by atoms with Crippen molar-refractivity contribution in [2.75, 3.05) is 13.6 Å². The van der Waals surface area contributed by atoms with Gasteiger partial charge in [0.05, 0.1) is 6.54 Å². The van der Waals surface area contributed by atoms with Gasteiger partial charge in [0.25, 0.3) is 0 Å². The molecular formula is C11H17IN2. The number of nitrogens with zero attached hydrogens (tertiary/aromatic N) is 2. The van der Waals surface area contributed by atoms with Crippen molar-refractivity contribution in [3.05, 3.63) is 23.5 Å². The van der Waals surface area contributed by atoms with Crippen LogP contribution < -0.4 is 24.0 Å². The van der Waals surface area contributed by atoms with Gasteiger partial charge in [-0.2, -0.15) is 0 Å². The molecule has 0 amide bonds. The van der Waals surface area contributed by atoms with Gasteiger partial charge in [-0.05, 0) is 19.1 Å². The third kappa shape index (κ3) is 1.74. The van der Waals surface area contributed by atoms with E-state index in [0.717, 1.165) is 19.5 Å². The highest BCUT2D eigenvalue weighted by molar-refractivity contribution is 5.95. The number of hydrogen-bond donors (Lipinski definition) is 0. The normalized spacial score (nSPS) is 15.1. The minimum Gasteiger partial charge on any atom is -1.00 e. The fourth-order valence-corrected chi connectivity index (χ4v) is 2.15. The Morgan fingerprint density at radius 2 is 2.14 bits per heavy atom. The summed E-state index contributed by atoms with van der Waals surface area (Å²) in [5.74, 6) is 0. The van der Waals surface area contributed by atoms with E-state index in [1.807, 2.05) is 0 Å². The lowest BCUT2D eigenvalue weighted by molar-refractivity contribution is -0.502. The van der Waals surface area contributed by atoms with Crippen molar-refractivity contribution < 1.29 is 28.6 Å². The Kier molecular flexibility index (Phi) is 3.75. The first-order valence-electron chi connectivity index (χ1n) is 4.97. The largest absolute Gasteiger partial charge is 1.00 e. The van der Waals surface area contributed by atoms with E-state index in [9.17, 15) is 0 Å². The maximum atomic E-state index is 2.42. The standard InChI is InChI=1S/C11H17N2.HI/c1-4-10-11-6-5-9(2)13(11)8-7-12(10)3;/h5-6H,4,7-8H2,1-3H3;1H/q+1;/p-1. The van der Waals surface area contributed by atoms with Crippen LogP contribution in [-0.2, 0) is 6.54 Å². The van der Waals surface area contributed by atoms with Crippen LogP contribution in [-0.4, -0.2) is 28.4 Å². The van der Waals surface area contributed by atoms with Crippen LogP contribution in [0.15, 0.2) is 12.1 Å². The van der Waals surface area contributed by atoms with Crippen LogP contribution in [0.1, 0.15) is 24.7 Å². The third-order valence-electron chi connectivity index (χ3n) is 2.95. The third-order valence-corrected chi connectivity index (χ3v) is 2.95. The van der Waals surface area contributed by atoms with Crippen molar-refractivity contribution in [3.8, 4) is 0 Å². The zero-order valence-electron chi connectivity index (χ0n) is 9.05. The number of hydrogen-bond acceptors (Lipinski definition) is 0. The second-order valence-electron chi connectivity index (χ2n) is 3.73. The average Bonchev–Trinajstić information content (AvgIpc) is 2.48. The SMILES string of the molecule is CCC1=[N+](C)CCn2c(C)ccc21.[I-]. The van der Waals surface area contributed by atoms with Gasteiger partial charge < -0.3 is 28.5 Å². The second-order valence-corrected chi connectivity index (χ2v) is 3.73. The summed E-state index contributed by atoms with van der Waals surface area (Å²) in [6.45, 7) is 6.69. The topological polar surface area (TPSA) is 7.94 Å². The molecule has 14 heavy (non-hydrogen) atoms. The Labute approximate surface area is 103 Å². The van der Waals surface area contributed by atoms with Gasteiger partial charge in [0.1, 0.15) is 12.7 Å². The monoisotopic (exact) mass is 304 g/mol. The molecule has 2 heterocycles. The Morgan fingerprint density at radius 1 is 1.43 bits per heavy atom. The predicted molar refractivity (Wildman–Crippen MR) is 54.6 cm³/mol. The van der Waals surface area contributed by atoms with E-state index in [0.29, 0.717) is 0 Å². The molecule has 1 aromatic heterocycles. The Hall–Kier alpha value is -0.320. The highest BCUT2D eigenvalue weighted by atomic mass is 127. The molecule has 2 nitrogen and oxygen atoms in total. The number of fused-ring (bicyclic) bond motifs is 1. The van der Waals surface area contributed by atoms with Crippen LogP contribution in [0.4, 0.5) is 0 Å². The first-order valence-corrected chi connectivity index (χ1v) is 4.97. The molecule has 0 aliphatic carbocycles. The van der Waals surface area contributed by atoms with Crippen molar-refractivity contribution >= 4 is 5.71 Å². The summed E-state index contributed by atoms with van der Waals surface area (Å²) < 4.78 is 4.79. The van der Waals surface area contributed by atoms with Crippen LogP contribution in [0.5, 0.6) is 0 Å². The lowest BCUT2D eigenvalue weighted by Gasteiger charge is -2.16. The molecule has 2 rings (SSSR count). The van der Waals surface area contributed by atoms with E-state index in [1.165, 1.54) is 17.1 Å². The first kappa shape index (κ1) is 11.8. The minimum atomic E-state index is 0. The van der Waals surface area contributed by atoms with Crippen LogP contribution in [0.25, 0.3) is 0 Å². The zero-order chi connectivity index (χ0) is 9.42. The van der Waals surface area contributed by atoms with Crippen LogP contribution >= 0.6 is 0 Å². The summed E-state index contributed by atoms with van der Waals surface area (Å²) in [5.41, 5.74) is 4.27. The minimum absolute atomic E-state index is 0. The highest BCUT2D eigenvalue weighted by Crippen LogP contribution is 2.14. The Bertz CT molecular complexity index is 363. The molecular weight excluding hydrogens is 287 g/mol. The van der Waals surface area contributed by atoms with Crippen molar-refractivity contribution in [1.29, 1.82) is 0 Å². The first-order chi connectivity index (χ1) is 6.24. The van der Waals surface area contributed by atoms with Gasteiger partial charge in [-0.3, -0.25) is 0 Å². The number of rotatable bonds is 1. The Balaban J connectivity index is 0.000000980. The summed E-state index contributed by atoms with van der Waals surface area (Å²) in [6, 6.07) is 4.45. The van der Waals surface area contributed by atoms with Crippen LogP contribution in [0, 0.1) is 6.92 Å². The van der Waals surface area contributed by atoms with Gasteiger partial charge in [0, 0.05) is 12.1 Å². The van der Waals surface area contributed by atoms with Gasteiger partial charge in [-0.15, -0.1) is 0 Å². The van der Waals surface area contributed by atoms with E-state index >= 15 is 0 Å². The average molecular weight is 304 g/mol. The number of halogens is 1. The molecule has 1 aliphatic heterocycles. The van der Waals surface area contributed by atoms with Crippen LogP contribution in [0.3, 0.4) is 0 Å². The van der Waals surface area contributed by atoms with E-state index in [1.54, 1.807) is 0 Å². The van der Waals surface area contributed by atoms with Gasteiger partial charge in [-0.25, -0.2) is 4.58 Å². The molecule has 1 aliphatic rings. The molecule has 0 atom stereocenters. The number of likely N-dealkylation sites (N-methyl/N-ethyl adjacent to an activating group) is 1. The molecule has 3 heteroatoms. The summed E-state index contributed by atoms with van der Waals surface area (Å²) in [7, 11) is 2.19. The summed E-state index contributed by atoms with van der Waals surface area (Å²) in [4.78, 5) is 0. The second kappa shape index (κ2) is 4.47. The molecule has 0 saturated carbocycles. The molecule has 1 aromatic rings. The number of aromatic nitrogens is 1. The van der Waals surface area contributed by atoms with Gasteiger partial charge in [0.2, 0.25) is 0 Å². The van der Waals surface area contributed by atoms with Crippen LogP contribution in [0.2, 0.25) is 0 Å². The maximum Gasteiger partial charge on any atom is 0.199 e. The van der Waals surface area contributed by atoms with Crippen molar-refractivity contribution in [3.63, 3.8) is 0 Å². The molecule has 0 N–H and O–H groups in total. The fourth-order valence-electron chi connectivity index (χ4n) is 2.15. The van der Waals surface area contributed by atoms with E-state index in [4.69, 9.17) is 0 Å². The molecule has 0 bridgehead atoms. The molecule has 0 aromatic carbocycles. The Morgan fingerprint density at radius 3 is 2.79 bits per heavy atom. The highest BCUT2D eigenvalue weighted by Gasteiger charge is 2.21. The molecule has 0 saturated heterocycles.